The molecule has 0 unspecified atom stereocenters. The Kier molecular flexibility index (Phi) is 4.29. The molecule has 0 aliphatic carbocycles. The summed E-state index contributed by atoms with van der Waals surface area (Å²) in [5.41, 5.74) is 6.29. The van der Waals surface area contributed by atoms with Gasteiger partial charge in [-0.15, -0.1) is 0 Å². The van der Waals surface area contributed by atoms with Gasteiger partial charge in [0.15, 0.2) is 0 Å². The number of hydrogen-bond donors (Lipinski definition) is 1. The number of aromatic nitrogens is 1. The predicted molar refractivity (Wildman–Crippen MR) is 73.3 cm³/mol. The number of hydrogen-bond acceptors (Lipinski definition) is 5. The number of piperidine rings is 1. The fraction of sp³-hybridized carbons (Fsp3) is 0.538. The normalized spacial score (nSPS) is 16.2. The molecule has 0 spiro atoms. The number of carbonyl (C=O) groups is 1. The van der Waals surface area contributed by atoms with E-state index in [1.165, 1.54) is 12.3 Å². The van der Waals surface area contributed by atoms with E-state index in [4.69, 9.17) is 5.73 Å². The lowest BCUT2D eigenvalue weighted by molar-refractivity contribution is -0.385. The molecule has 2 heterocycles. The highest BCUT2D eigenvalue weighted by Gasteiger charge is 2.25. The molecule has 1 fully saturated rings. The summed E-state index contributed by atoms with van der Waals surface area (Å²) in [6, 6.07) is 1.31. The molecule has 0 aromatic carbocycles. The van der Waals surface area contributed by atoms with Crippen LogP contribution in [0, 0.1) is 23.0 Å². The largest absolute Gasteiger partial charge is 0.339 e. The van der Waals surface area contributed by atoms with Crippen molar-refractivity contribution in [3.63, 3.8) is 0 Å². The third-order valence-electron chi connectivity index (χ3n) is 3.75. The highest BCUT2D eigenvalue weighted by molar-refractivity contribution is 5.95. The van der Waals surface area contributed by atoms with E-state index in [1.54, 1.807) is 11.8 Å². The van der Waals surface area contributed by atoms with Crippen LogP contribution in [-0.2, 0) is 0 Å². The van der Waals surface area contributed by atoms with Crippen LogP contribution >= 0.6 is 0 Å². The molecule has 7 nitrogen and oxygen atoms in total. The monoisotopic (exact) mass is 278 g/mol. The fourth-order valence-corrected chi connectivity index (χ4v) is 2.38. The van der Waals surface area contributed by atoms with Gasteiger partial charge in [-0.1, -0.05) is 0 Å². The first-order valence-corrected chi connectivity index (χ1v) is 6.63. The molecule has 0 saturated carbocycles. The number of aryl methyl sites for hydroxylation is 1. The van der Waals surface area contributed by atoms with Gasteiger partial charge in [-0.25, -0.2) is 0 Å². The summed E-state index contributed by atoms with van der Waals surface area (Å²) < 4.78 is 0. The molecule has 0 atom stereocenters. The summed E-state index contributed by atoms with van der Waals surface area (Å²) >= 11 is 0. The summed E-state index contributed by atoms with van der Waals surface area (Å²) in [5, 5.41) is 10.8. The maximum absolute atomic E-state index is 12.4. The average molecular weight is 278 g/mol. The zero-order valence-corrected chi connectivity index (χ0v) is 11.4. The summed E-state index contributed by atoms with van der Waals surface area (Å²) in [6.45, 7) is 3.61. The van der Waals surface area contributed by atoms with Gasteiger partial charge in [0.05, 0.1) is 16.2 Å². The summed E-state index contributed by atoms with van der Waals surface area (Å²) in [6.07, 6.45) is 2.93. The zero-order chi connectivity index (χ0) is 14.7. The number of likely N-dealkylation sites (tertiary alicyclic amines) is 1. The standard InChI is InChI=1S/C13H18N4O3/c1-9-12(6-11(8-15-9)17(19)20)13(18)16-4-2-10(7-14)3-5-16/h6,8,10H,2-5,7,14H2,1H3. The van der Waals surface area contributed by atoms with Crippen molar-refractivity contribution in [1.82, 2.24) is 9.88 Å². The lowest BCUT2D eigenvalue weighted by Crippen LogP contribution is -2.40. The van der Waals surface area contributed by atoms with Gasteiger partial charge in [-0.05, 0) is 32.2 Å². The maximum atomic E-state index is 12.4. The molecule has 1 aliphatic rings. The van der Waals surface area contributed by atoms with Crippen LogP contribution in [0.2, 0.25) is 0 Å². The van der Waals surface area contributed by atoms with Crippen molar-refractivity contribution in [2.45, 2.75) is 19.8 Å². The van der Waals surface area contributed by atoms with E-state index in [0.717, 1.165) is 12.8 Å². The van der Waals surface area contributed by atoms with Gasteiger partial charge in [-0.3, -0.25) is 19.9 Å². The van der Waals surface area contributed by atoms with Gasteiger partial charge >= 0.3 is 0 Å². The molecule has 7 heteroatoms. The molecular formula is C13H18N4O3. The molecule has 1 aliphatic heterocycles. The zero-order valence-electron chi connectivity index (χ0n) is 11.4. The van der Waals surface area contributed by atoms with Crippen LogP contribution < -0.4 is 5.73 Å². The summed E-state index contributed by atoms with van der Waals surface area (Å²) in [4.78, 5) is 28.3. The van der Waals surface area contributed by atoms with Crippen LogP contribution in [0.1, 0.15) is 28.9 Å². The number of amides is 1. The second kappa shape index (κ2) is 5.96. The Bertz CT molecular complexity index is 524. The second-order valence-electron chi connectivity index (χ2n) is 5.05. The molecule has 108 valence electrons. The molecule has 1 saturated heterocycles. The first-order chi connectivity index (χ1) is 9.52. The van der Waals surface area contributed by atoms with Gasteiger partial charge in [-0.2, -0.15) is 0 Å². The topological polar surface area (TPSA) is 102 Å². The third-order valence-corrected chi connectivity index (χ3v) is 3.75. The molecular weight excluding hydrogens is 260 g/mol. The number of rotatable bonds is 3. The van der Waals surface area contributed by atoms with Crippen molar-refractivity contribution in [2.24, 2.45) is 11.7 Å². The number of nitro groups is 1. The second-order valence-corrected chi connectivity index (χ2v) is 5.05. The van der Waals surface area contributed by atoms with Crippen molar-refractivity contribution >= 4 is 11.6 Å². The van der Waals surface area contributed by atoms with Crippen molar-refractivity contribution < 1.29 is 9.72 Å². The third kappa shape index (κ3) is 2.93. The Hall–Kier alpha value is -2.02. The predicted octanol–water partition coefficient (Wildman–Crippen LogP) is 1.11. The Labute approximate surface area is 116 Å². The number of carbonyl (C=O) groups excluding carboxylic acids is 1. The van der Waals surface area contributed by atoms with Gasteiger partial charge in [0.25, 0.3) is 11.6 Å². The highest BCUT2D eigenvalue weighted by atomic mass is 16.6. The summed E-state index contributed by atoms with van der Waals surface area (Å²) in [7, 11) is 0. The minimum Gasteiger partial charge on any atom is -0.339 e. The van der Waals surface area contributed by atoms with Crippen LogP contribution in [0.3, 0.4) is 0 Å². The maximum Gasteiger partial charge on any atom is 0.288 e. The van der Waals surface area contributed by atoms with Gasteiger partial charge in [0.2, 0.25) is 0 Å². The lowest BCUT2D eigenvalue weighted by atomic mass is 9.96. The molecule has 0 bridgehead atoms. The minimum absolute atomic E-state index is 0.157. The molecule has 1 amide bonds. The first-order valence-electron chi connectivity index (χ1n) is 6.63. The number of nitrogens with zero attached hydrogens (tertiary/aromatic N) is 3. The van der Waals surface area contributed by atoms with Gasteiger partial charge in [0.1, 0.15) is 6.20 Å². The Morgan fingerprint density at radius 3 is 2.75 bits per heavy atom. The average Bonchev–Trinajstić information content (AvgIpc) is 2.47. The van der Waals surface area contributed by atoms with Crippen LogP contribution in [0.4, 0.5) is 5.69 Å². The van der Waals surface area contributed by atoms with Crippen LogP contribution in [0.25, 0.3) is 0 Å². The molecule has 2 rings (SSSR count). The Balaban J connectivity index is 2.17. The molecule has 1 aromatic rings. The summed E-state index contributed by atoms with van der Waals surface area (Å²) in [5.74, 6) is 0.276. The number of nitrogens with two attached hydrogens (primary N) is 1. The molecule has 2 N–H and O–H groups in total. The molecule has 20 heavy (non-hydrogen) atoms. The molecule has 1 aromatic heterocycles. The van der Waals surface area contributed by atoms with E-state index in [2.05, 4.69) is 4.98 Å². The van der Waals surface area contributed by atoms with Crippen LogP contribution in [0.5, 0.6) is 0 Å². The van der Waals surface area contributed by atoms with Gasteiger partial charge < -0.3 is 10.6 Å². The van der Waals surface area contributed by atoms with E-state index in [0.29, 0.717) is 36.8 Å². The highest BCUT2D eigenvalue weighted by Crippen LogP contribution is 2.21. The smallest absolute Gasteiger partial charge is 0.288 e. The Morgan fingerprint density at radius 1 is 1.55 bits per heavy atom. The van der Waals surface area contributed by atoms with E-state index >= 15 is 0 Å². The van der Waals surface area contributed by atoms with Crippen molar-refractivity contribution in [3.8, 4) is 0 Å². The van der Waals surface area contributed by atoms with E-state index in [1.807, 2.05) is 0 Å². The van der Waals surface area contributed by atoms with Gasteiger partial charge in [0, 0.05) is 19.2 Å². The Morgan fingerprint density at radius 2 is 2.20 bits per heavy atom. The van der Waals surface area contributed by atoms with E-state index < -0.39 is 4.92 Å². The molecule has 0 radical (unpaired) electrons. The van der Waals surface area contributed by atoms with Crippen molar-refractivity contribution in [2.75, 3.05) is 19.6 Å². The van der Waals surface area contributed by atoms with E-state index in [9.17, 15) is 14.9 Å². The van der Waals surface area contributed by atoms with Crippen LogP contribution in [0.15, 0.2) is 12.3 Å². The van der Waals surface area contributed by atoms with Crippen molar-refractivity contribution in [1.29, 1.82) is 0 Å². The quantitative estimate of drug-likeness (QED) is 0.659. The fourth-order valence-electron chi connectivity index (χ4n) is 2.38. The number of pyridine rings is 1. The SMILES string of the molecule is Cc1ncc([N+](=O)[O-])cc1C(=O)N1CCC(CN)CC1. The van der Waals surface area contributed by atoms with Crippen LogP contribution in [-0.4, -0.2) is 40.3 Å². The first kappa shape index (κ1) is 14.4. The van der Waals surface area contributed by atoms with Crippen molar-refractivity contribution in [3.05, 3.63) is 33.6 Å². The minimum atomic E-state index is -0.538. The van der Waals surface area contributed by atoms with E-state index in [-0.39, 0.29) is 11.6 Å². The lowest BCUT2D eigenvalue weighted by Gasteiger charge is -2.31.